The van der Waals surface area contributed by atoms with Crippen molar-refractivity contribution in [1.82, 2.24) is 14.1 Å². The lowest BCUT2D eigenvalue weighted by molar-refractivity contribution is -0.133. The molecule has 0 radical (unpaired) electrons. The second kappa shape index (κ2) is 11.4. The summed E-state index contributed by atoms with van der Waals surface area (Å²) in [7, 11) is -3.78. The van der Waals surface area contributed by atoms with Gasteiger partial charge < -0.3 is 4.90 Å². The van der Waals surface area contributed by atoms with Gasteiger partial charge in [0.05, 0.1) is 17.5 Å². The van der Waals surface area contributed by atoms with Crippen LogP contribution in [-0.4, -0.2) is 67.7 Å². The minimum absolute atomic E-state index is 0.104. The minimum Gasteiger partial charge on any atom is -0.339 e. The smallest absolute Gasteiger partial charge is 0.243 e. The molecule has 4 rings (SSSR count). The molecule has 1 heterocycles. The number of rotatable bonds is 8. The summed E-state index contributed by atoms with van der Waals surface area (Å²) < 4.78 is 27.3. The molecule has 6 nitrogen and oxygen atoms in total. The predicted octanol–water partition coefficient (Wildman–Crippen LogP) is 4.28. The molecule has 1 amide bonds. The van der Waals surface area contributed by atoms with Crippen LogP contribution in [0.2, 0.25) is 5.02 Å². The van der Waals surface area contributed by atoms with Gasteiger partial charge in [-0.1, -0.05) is 79.2 Å². The monoisotopic (exact) mass is 511 g/mol. The van der Waals surface area contributed by atoms with Gasteiger partial charge in [-0.25, -0.2) is 8.42 Å². The molecular weight excluding hydrogens is 482 g/mol. The highest BCUT2D eigenvalue weighted by Gasteiger charge is 2.31. The predicted molar refractivity (Wildman–Crippen MR) is 139 cm³/mol. The summed E-state index contributed by atoms with van der Waals surface area (Å²) in [5.74, 6) is -0.181. The van der Waals surface area contributed by atoms with Crippen LogP contribution in [-0.2, 0) is 14.8 Å². The molecular formula is C27H30ClN3O3S. The van der Waals surface area contributed by atoms with Gasteiger partial charge in [0.15, 0.2) is 0 Å². The highest BCUT2D eigenvalue weighted by molar-refractivity contribution is 7.89. The largest absolute Gasteiger partial charge is 0.339 e. The van der Waals surface area contributed by atoms with Crippen molar-refractivity contribution >= 4 is 27.5 Å². The summed E-state index contributed by atoms with van der Waals surface area (Å²) in [6.45, 7) is 4.28. The van der Waals surface area contributed by atoms with Gasteiger partial charge in [0.25, 0.3) is 0 Å². The first-order chi connectivity index (χ1) is 16.9. The molecule has 1 aliphatic rings. The second-order valence-corrected chi connectivity index (χ2v) is 10.9. The number of amides is 1. The molecule has 0 aromatic heterocycles. The van der Waals surface area contributed by atoms with Crippen LogP contribution in [0.4, 0.5) is 0 Å². The third-order valence-corrected chi connectivity index (χ3v) is 8.57. The number of carbonyl (C=O) groups excluding carboxylic acids is 1. The van der Waals surface area contributed by atoms with Crippen molar-refractivity contribution in [1.29, 1.82) is 0 Å². The van der Waals surface area contributed by atoms with Crippen LogP contribution in [0.15, 0.2) is 89.8 Å². The van der Waals surface area contributed by atoms with Crippen LogP contribution < -0.4 is 0 Å². The summed E-state index contributed by atoms with van der Waals surface area (Å²) in [5, 5.41) is 0.463. The standard InChI is InChI=1S/C27H30ClN3O3S/c1-2-31(35(33,34)25-15-13-24(28)14-16-25)21-26(32)29-17-19-30(20-18-29)27(22-9-5-3-6-10-22)23-11-7-4-8-12-23/h3-16,27H,2,17-21H2,1H3. The first kappa shape index (κ1) is 25.4. The number of likely N-dealkylation sites (N-methyl/N-ethyl adjacent to an activating group) is 1. The van der Waals surface area contributed by atoms with Crippen molar-refractivity contribution in [2.45, 2.75) is 17.9 Å². The molecule has 0 aliphatic carbocycles. The van der Waals surface area contributed by atoms with E-state index in [1.54, 1.807) is 24.0 Å². The van der Waals surface area contributed by atoms with E-state index in [0.717, 1.165) is 0 Å². The molecule has 1 aliphatic heterocycles. The Labute approximate surface area is 212 Å². The van der Waals surface area contributed by atoms with Crippen LogP contribution in [0.1, 0.15) is 24.1 Å². The van der Waals surface area contributed by atoms with Crippen molar-refractivity contribution in [3.63, 3.8) is 0 Å². The summed E-state index contributed by atoms with van der Waals surface area (Å²) >= 11 is 5.90. The third kappa shape index (κ3) is 5.93. The molecule has 0 N–H and O–H groups in total. The Balaban J connectivity index is 1.43. The van der Waals surface area contributed by atoms with E-state index in [0.29, 0.717) is 31.2 Å². The number of carbonyl (C=O) groups is 1. The van der Waals surface area contributed by atoms with Gasteiger partial charge in [0.1, 0.15) is 0 Å². The highest BCUT2D eigenvalue weighted by atomic mass is 35.5. The Bertz CT molecular complexity index is 1170. The second-order valence-electron chi connectivity index (χ2n) is 8.53. The van der Waals surface area contributed by atoms with Crippen molar-refractivity contribution in [2.24, 2.45) is 0 Å². The lowest BCUT2D eigenvalue weighted by Gasteiger charge is -2.40. The molecule has 3 aromatic rings. The van der Waals surface area contributed by atoms with Crippen LogP contribution in [0.3, 0.4) is 0 Å². The molecule has 0 unspecified atom stereocenters. The zero-order chi connectivity index (χ0) is 24.8. The summed E-state index contributed by atoms with van der Waals surface area (Å²) in [4.78, 5) is 17.4. The maximum absolute atomic E-state index is 13.1. The Morgan fingerprint density at radius 1 is 0.857 bits per heavy atom. The van der Waals surface area contributed by atoms with Gasteiger partial charge in [-0.05, 0) is 35.4 Å². The first-order valence-electron chi connectivity index (χ1n) is 11.8. The zero-order valence-corrected chi connectivity index (χ0v) is 21.3. The van der Waals surface area contributed by atoms with E-state index in [1.807, 2.05) is 36.4 Å². The van der Waals surface area contributed by atoms with E-state index in [9.17, 15) is 13.2 Å². The molecule has 0 bridgehead atoms. The Morgan fingerprint density at radius 2 is 1.37 bits per heavy atom. The zero-order valence-electron chi connectivity index (χ0n) is 19.8. The van der Waals surface area contributed by atoms with Crippen molar-refractivity contribution in [3.8, 4) is 0 Å². The first-order valence-corrected chi connectivity index (χ1v) is 13.6. The van der Waals surface area contributed by atoms with Gasteiger partial charge in [0.2, 0.25) is 15.9 Å². The van der Waals surface area contributed by atoms with Crippen molar-refractivity contribution < 1.29 is 13.2 Å². The number of sulfonamides is 1. The lowest BCUT2D eigenvalue weighted by atomic mass is 9.96. The summed E-state index contributed by atoms with van der Waals surface area (Å²) in [6, 6.07) is 26.9. The molecule has 1 fully saturated rings. The topological polar surface area (TPSA) is 60.9 Å². The Hall–Kier alpha value is -2.71. The Morgan fingerprint density at radius 3 is 1.86 bits per heavy atom. The molecule has 0 spiro atoms. The van der Waals surface area contributed by atoms with Gasteiger partial charge in [0, 0.05) is 37.7 Å². The quantitative estimate of drug-likeness (QED) is 0.453. The number of halogens is 1. The van der Waals surface area contributed by atoms with Crippen LogP contribution in [0.5, 0.6) is 0 Å². The molecule has 0 saturated carbocycles. The highest BCUT2D eigenvalue weighted by Crippen LogP contribution is 2.29. The lowest BCUT2D eigenvalue weighted by Crippen LogP contribution is -2.52. The Kier molecular flexibility index (Phi) is 8.23. The van der Waals surface area contributed by atoms with Crippen LogP contribution in [0.25, 0.3) is 0 Å². The van der Waals surface area contributed by atoms with E-state index in [2.05, 4.69) is 29.2 Å². The number of hydrogen-bond donors (Lipinski definition) is 0. The van der Waals surface area contributed by atoms with Crippen molar-refractivity contribution in [3.05, 3.63) is 101 Å². The maximum atomic E-state index is 13.1. The summed E-state index contributed by atoms with van der Waals surface area (Å²) in [6.07, 6.45) is 0. The van der Waals surface area contributed by atoms with E-state index in [-0.39, 0.29) is 29.9 Å². The maximum Gasteiger partial charge on any atom is 0.243 e. The summed E-state index contributed by atoms with van der Waals surface area (Å²) in [5.41, 5.74) is 2.43. The van der Waals surface area contributed by atoms with Crippen LogP contribution in [0, 0.1) is 0 Å². The number of hydrogen-bond acceptors (Lipinski definition) is 4. The van der Waals surface area contributed by atoms with Gasteiger partial charge >= 0.3 is 0 Å². The minimum atomic E-state index is -3.78. The molecule has 8 heteroatoms. The fourth-order valence-corrected chi connectivity index (χ4v) is 6.01. The van der Waals surface area contributed by atoms with Gasteiger partial charge in [-0.2, -0.15) is 4.31 Å². The van der Waals surface area contributed by atoms with Gasteiger partial charge in [-0.15, -0.1) is 0 Å². The van der Waals surface area contributed by atoms with Crippen LogP contribution >= 0.6 is 11.6 Å². The fourth-order valence-electron chi connectivity index (χ4n) is 4.49. The van der Waals surface area contributed by atoms with Crippen molar-refractivity contribution in [2.75, 3.05) is 39.3 Å². The van der Waals surface area contributed by atoms with Gasteiger partial charge in [-0.3, -0.25) is 9.69 Å². The molecule has 35 heavy (non-hydrogen) atoms. The fraction of sp³-hybridized carbons (Fsp3) is 0.296. The molecule has 0 atom stereocenters. The number of benzene rings is 3. The number of piperazine rings is 1. The normalized spacial score (nSPS) is 15.0. The third-order valence-electron chi connectivity index (χ3n) is 6.38. The average Bonchev–Trinajstić information content (AvgIpc) is 2.89. The van der Waals surface area contributed by atoms with E-state index >= 15 is 0 Å². The SMILES string of the molecule is CCN(CC(=O)N1CCN(C(c2ccccc2)c2ccccc2)CC1)S(=O)(=O)c1ccc(Cl)cc1. The van der Waals surface area contributed by atoms with E-state index < -0.39 is 10.0 Å². The average molecular weight is 512 g/mol. The van der Waals surface area contributed by atoms with E-state index in [1.165, 1.54) is 27.6 Å². The molecule has 1 saturated heterocycles. The molecule has 3 aromatic carbocycles. The molecule has 184 valence electrons. The van der Waals surface area contributed by atoms with E-state index in [4.69, 9.17) is 11.6 Å². The number of nitrogens with zero attached hydrogens (tertiary/aromatic N) is 3.